The van der Waals surface area contributed by atoms with E-state index in [2.05, 4.69) is 0 Å². The third kappa shape index (κ3) is 5.32. The minimum absolute atomic E-state index is 0.342. The summed E-state index contributed by atoms with van der Waals surface area (Å²) in [4.78, 5) is 11.5. The molecule has 0 rings (SSSR count). The van der Waals surface area contributed by atoms with Crippen LogP contribution in [-0.4, -0.2) is 25.3 Å². The highest BCUT2D eigenvalue weighted by Crippen LogP contribution is 2.08. The molecule has 0 unspecified atom stereocenters. The van der Waals surface area contributed by atoms with E-state index in [-0.39, 0.29) is 0 Å². The van der Waals surface area contributed by atoms with Gasteiger partial charge in [-0.05, 0) is 19.3 Å². The van der Waals surface area contributed by atoms with Crippen LogP contribution in [0.2, 0.25) is 0 Å². The normalized spacial score (nSPS) is 11.7. The molecule has 15 heavy (non-hydrogen) atoms. The number of hydrogen-bond donors (Lipinski definition) is 2. The van der Waals surface area contributed by atoms with Crippen molar-refractivity contribution in [1.29, 1.82) is 5.41 Å². The van der Waals surface area contributed by atoms with Crippen molar-refractivity contribution in [3.8, 4) is 0 Å². The molecule has 0 aromatic heterocycles. The fourth-order valence-electron chi connectivity index (χ4n) is 1.19. The Bertz CT molecular complexity index is 257. The van der Waals surface area contributed by atoms with Crippen LogP contribution in [0.25, 0.3) is 0 Å². The Labute approximate surface area is 91.2 Å². The fourth-order valence-corrected chi connectivity index (χ4v) is 1.19. The van der Waals surface area contributed by atoms with Gasteiger partial charge in [0.25, 0.3) is 0 Å². The molecule has 0 aliphatic heterocycles. The van der Waals surface area contributed by atoms with E-state index in [9.17, 15) is 4.79 Å². The molecule has 0 aliphatic rings. The van der Waals surface area contributed by atoms with Crippen LogP contribution in [0.4, 0.5) is 0 Å². The van der Waals surface area contributed by atoms with Gasteiger partial charge in [0.05, 0.1) is 19.4 Å². The molecule has 0 bridgehead atoms. The number of esters is 1. The van der Waals surface area contributed by atoms with Crippen molar-refractivity contribution in [1.82, 2.24) is 0 Å². The van der Waals surface area contributed by atoms with Gasteiger partial charge in [-0.25, -0.2) is 4.79 Å². The number of hydrogen-bond acceptors (Lipinski definition) is 3. The van der Waals surface area contributed by atoms with Gasteiger partial charge >= 0.3 is 5.97 Å². The first-order valence-electron chi connectivity index (χ1n) is 5.27. The zero-order chi connectivity index (χ0) is 11.8. The molecule has 0 spiro atoms. The molecule has 0 amide bonds. The monoisotopic (exact) mass is 213 g/mol. The van der Waals surface area contributed by atoms with Crippen LogP contribution in [0.5, 0.6) is 0 Å². The summed E-state index contributed by atoms with van der Waals surface area (Å²) in [7, 11) is 1.82. The van der Waals surface area contributed by atoms with Gasteiger partial charge in [0, 0.05) is 0 Å². The lowest BCUT2D eigenvalue weighted by Crippen LogP contribution is -2.73. The van der Waals surface area contributed by atoms with Crippen LogP contribution in [-0.2, 0) is 9.53 Å². The molecule has 0 saturated heterocycles. The molecule has 4 nitrogen and oxygen atoms in total. The molecule has 86 valence electrons. The highest BCUT2D eigenvalue weighted by atomic mass is 16.5. The van der Waals surface area contributed by atoms with Gasteiger partial charge in [0.1, 0.15) is 11.8 Å². The van der Waals surface area contributed by atoms with Crippen LogP contribution in [0.3, 0.4) is 0 Å². The first-order chi connectivity index (χ1) is 7.02. The van der Waals surface area contributed by atoms with Crippen LogP contribution >= 0.6 is 0 Å². The summed E-state index contributed by atoms with van der Waals surface area (Å²) in [6.07, 6.45) is 2.24. The highest BCUT2D eigenvalue weighted by molar-refractivity contribution is 6.18. The third-order valence-corrected chi connectivity index (χ3v) is 1.77. The van der Waals surface area contributed by atoms with Crippen LogP contribution in [0.15, 0.2) is 11.8 Å². The molecule has 0 fully saturated rings. The van der Waals surface area contributed by atoms with E-state index in [0.29, 0.717) is 30.2 Å². The summed E-state index contributed by atoms with van der Waals surface area (Å²) < 4.78 is 4.89. The van der Waals surface area contributed by atoms with Crippen molar-refractivity contribution in [2.45, 2.75) is 27.2 Å². The topological polar surface area (TPSA) is 66.8 Å². The average Bonchev–Trinajstić information content (AvgIpc) is 2.13. The zero-order valence-electron chi connectivity index (χ0n) is 9.96. The maximum Gasteiger partial charge on any atom is 0.345 e. The molecular weight excluding hydrogens is 192 g/mol. The maximum atomic E-state index is 11.5. The minimum Gasteiger partial charge on any atom is -0.462 e. The smallest absolute Gasteiger partial charge is 0.345 e. The van der Waals surface area contributed by atoms with Gasteiger partial charge in [-0.15, -0.1) is 0 Å². The number of rotatable bonds is 6. The van der Waals surface area contributed by atoms with Crippen molar-refractivity contribution in [2.75, 3.05) is 13.7 Å². The first kappa shape index (κ1) is 13.8. The van der Waals surface area contributed by atoms with Crippen molar-refractivity contribution in [3.05, 3.63) is 11.8 Å². The van der Waals surface area contributed by atoms with Gasteiger partial charge in [-0.3, -0.25) is 0 Å². The van der Waals surface area contributed by atoms with Crippen LogP contribution < -0.4 is 5.32 Å². The van der Waals surface area contributed by atoms with E-state index in [1.54, 1.807) is 18.4 Å². The second-order valence-electron chi connectivity index (χ2n) is 3.71. The highest BCUT2D eigenvalue weighted by Gasteiger charge is 2.18. The number of carbonyl (C=O) groups excluding carboxylic acids is 1. The summed E-state index contributed by atoms with van der Waals surface area (Å²) in [5, 5.41) is 9.55. The number of ether oxygens (including phenoxy) is 1. The third-order valence-electron chi connectivity index (χ3n) is 1.77. The molecule has 0 heterocycles. The summed E-state index contributed by atoms with van der Waals surface area (Å²) >= 11 is 0. The second kappa shape index (κ2) is 7.17. The van der Waals surface area contributed by atoms with E-state index in [1.807, 2.05) is 20.9 Å². The molecule has 3 N–H and O–H groups in total. The molecule has 0 aromatic carbocycles. The summed E-state index contributed by atoms with van der Waals surface area (Å²) in [6.45, 7) is 6.14. The minimum atomic E-state index is -0.402. The fraction of sp³-hybridized carbons (Fsp3) is 0.636. The van der Waals surface area contributed by atoms with Crippen molar-refractivity contribution in [3.63, 3.8) is 0 Å². The molecule has 0 saturated carbocycles. The Morgan fingerprint density at radius 2 is 2.13 bits per heavy atom. The summed E-state index contributed by atoms with van der Waals surface area (Å²) in [5.74, 6) is -0.0339. The second-order valence-corrected chi connectivity index (χ2v) is 3.71. The SMILES string of the molecule is CCOC(=O)/C(=C/[NH2+]C)C(=N)CC(C)C. The first-order valence-corrected chi connectivity index (χ1v) is 5.27. The summed E-state index contributed by atoms with van der Waals surface area (Å²) in [5.41, 5.74) is 0.717. The lowest BCUT2D eigenvalue weighted by Gasteiger charge is -2.08. The Balaban J connectivity index is 4.60. The summed E-state index contributed by atoms with van der Waals surface area (Å²) in [6, 6.07) is 0. The Morgan fingerprint density at radius 3 is 2.53 bits per heavy atom. The van der Waals surface area contributed by atoms with E-state index < -0.39 is 5.97 Å². The van der Waals surface area contributed by atoms with Crippen LogP contribution in [0, 0.1) is 11.3 Å². The number of nitrogens with two attached hydrogens (primary N) is 1. The zero-order valence-corrected chi connectivity index (χ0v) is 9.96. The molecule has 0 atom stereocenters. The van der Waals surface area contributed by atoms with Crippen LogP contribution in [0.1, 0.15) is 27.2 Å². The van der Waals surface area contributed by atoms with Crippen molar-refractivity contribution < 1.29 is 14.8 Å². The maximum absolute atomic E-state index is 11.5. The quantitative estimate of drug-likeness (QED) is 0.387. The average molecular weight is 213 g/mol. The lowest BCUT2D eigenvalue weighted by molar-refractivity contribution is -0.556. The molecular formula is C11H21N2O2+. The van der Waals surface area contributed by atoms with E-state index >= 15 is 0 Å². The molecule has 0 aromatic rings. The van der Waals surface area contributed by atoms with Gasteiger partial charge in [-0.2, -0.15) is 0 Å². The standard InChI is InChI=1S/C11H20N2O2/c1-5-15-11(14)9(7-13-4)10(12)6-8(2)3/h7-8,12-13H,5-6H2,1-4H3/p+1/b9-7+,12-10?. The van der Waals surface area contributed by atoms with E-state index in [4.69, 9.17) is 10.1 Å². The predicted molar refractivity (Wildman–Crippen MR) is 59.7 cm³/mol. The van der Waals surface area contributed by atoms with Gasteiger partial charge in [0.15, 0.2) is 0 Å². The number of carbonyl (C=O) groups is 1. The molecule has 0 aliphatic carbocycles. The largest absolute Gasteiger partial charge is 0.462 e. The van der Waals surface area contributed by atoms with E-state index in [1.165, 1.54) is 0 Å². The Morgan fingerprint density at radius 1 is 1.53 bits per heavy atom. The van der Waals surface area contributed by atoms with Gasteiger partial charge < -0.3 is 15.5 Å². The Kier molecular flexibility index (Phi) is 6.62. The van der Waals surface area contributed by atoms with Gasteiger partial charge in [-0.1, -0.05) is 13.8 Å². The van der Waals surface area contributed by atoms with Crippen molar-refractivity contribution in [2.24, 2.45) is 5.92 Å². The van der Waals surface area contributed by atoms with Crippen molar-refractivity contribution >= 4 is 11.7 Å². The molecule has 4 heteroatoms. The number of quaternary nitrogens is 1. The number of nitrogens with one attached hydrogen (secondary N) is 1. The molecule has 0 radical (unpaired) electrons. The Hall–Kier alpha value is -1.16. The predicted octanol–water partition coefficient (Wildman–Crippen LogP) is 0.692. The van der Waals surface area contributed by atoms with E-state index in [0.717, 1.165) is 0 Å². The lowest BCUT2D eigenvalue weighted by atomic mass is 10.0. The van der Waals surface area contributed by atoms with Gasteiger partial charge in [0.2, 0.25) is 0 Å².